The van der Waals surface area contributed by atoms with Crippen molar-refractivity contribution in [1.29, 1.82) is 0 Å². The molecule has 0 heterocycles. The molecule has 1 aromatic carbocycles. The minimum absolute atomic E-state index is 0.136. The lowest BCUT2D eigenvalue weighted by molar-refractivity contribution is 0.180. The molecule has 0 aromatic heterocycles. The molecule has 0 aliphatic rings. The Hall–Kier alpha value is -1.31. The average Bonchev–Trinajstić information content (AvgIpc) is 2.40. The van der Waals surface area contributed by atoms with Crippen LogP contribution < -0.4 is 14.2 Å². The van der Waals surface area contributed by atoms with Gasteiger partial charge in [0, 0.05) is 19.2 Å². The van der Waals surface area contributed by atoms with E-state index >= 15 is 0 Å². The van der Waals surface area contributed by atoms with Gasteiger partial charge in [-0.05, 0) is 32.9 Å². The van der Waals surface area contributed by atoms with Gasteiger partial charge in [0.2, 0.25) is 10.0 Å². The summed E-state index contributed by atoms with van der Waals surface area (Å²) >= 11 is 0. The fourth-order valence-corrected chi connectivity index (χ4v) is 3.06. The maximum atomic E-state index is 12.3. The molecule has 1 N–H and O–H groups in total. The lowest BCUT2D eigenvalue weighted by Crippen LogP contribution is -2.35. The first-order valence-electron chi connectivity index (χ1n) is 6.85. The fraction of sp³-hybridized carbons (Fsp3) is 0.571. The number of benzene rings is 1. The molecule has 0 radical (unpaired) electrons. The van der Waals surface area contributed by atoms with Gasteiger partial charge in [-0.15, -0.1) is 0 Å². The number of nitrogens with one attached hydrogen (secondary N) is 1. The summed E-state index contributed by atoms with van der Waals surface area (Å²) in [5.41, 5.74) is 0. The standard InChI is InChI=1S/C14H23NO5S/c1-5-19-13-8-7-12(9-14(13)20-6-2)21(16,17)15-11(3)10-18-4/h7-9,11,15H,5-6,10H2,1-4H3/t11-/m0/s1. The lowest BCUT2D eigenvalue weighted by atomic mass is 10.3. The summed E-state index contributed by atoms with van der Waals surface area (Å²) in [6, 6.07) is 4.25. The Labute approximate surface area is 126 Å². The first-order valence-corrected chi connectivity index (χ1v) is 8.33. The zero-order valence-corrected chi connectivity index (χ0v) is 13.7. The molecule has 0 saturated heterocycles. The molecule has 1 rings (SSSR count). The number of hydrogen-bond acceptors (Lipinski definition) is 5. The third kappa shape index (κ3) is 5.18. The van der Waals surface area contributed by atoms with Gasteiger partial charge in [-0.3, -0.25) is 0 Å². The van der Waals surface area contributed by atoms with Crippen LogP contribution in [0.1, 0.15) is 20.8 Å². The highest BCUT2D eigenvalue weighted by atomic mass is 32.2. The highest BCUT2D eigenvalue weighted by molar-refractivity contribution is 7.89. The predicted molar refractivity (Wildman–Crippen MR) is 80.4 cm³/mol. The fourth-order valence-electron chi connectivity index (χ4n) is 1.82. The van der Waals surface area contributed by atoms with Crippen LogP contribution in [0.3, 0.4) is 0 Å². The summed E-state index contributed by atoms with van der Waals surface area (Å²) < 4.78 is 42.9. The van der Waals surface area contributed by atoms with Crippen LogP contribution >= 0.6 is 0 Å². The predicted octanol–water partition coefficient (Wildman–Crippen LogP) is 1.80. The average molecular weight is 317 g/mol. The maximum Gasteiger partial charge on any atom is 0.241 e. The molecule has 1 atom stereocenters. The summed E-state index contributed by atoms with van der Waals surface area (Å²) in [7, 11) is -2.10. The van der Waals surface area contributed by atoms with Gasteiger partial charge in [0.15, 0.2) is 11.5 Å². The molecular weight excluding hydrogens is 294 g/mol. The van der Waals surface area contributed by atoms with Crippen molar-refractivity contribution in [2.24, 2.45) is 0 Å². The normalized spacial score (nSPS) is 13.0. The minimum atomic E-state index is -3.62. The lowest BCUT2D eigenvalue weighted by Gasteiger charge is -2.15. The molecule has 0 spiro atoms. The van der Waals surface area contributed by atoms with Crippen molar-refractivity contribution in [2.75, 3.05) is 26.9 Å². The van der Waals surface area contributed by atoms with E-state index in [1.807, 2.05) is 13.8 Å². The van der Waals surface area contributed by atoms with Gasteiger partial charge in [-0.1, -0.05) is 0 Å². The first kappa shape index (κ1) is 17.7. The van der Waals surface area contributed by atoms with E-state index in [9.17, 15) is 8.42 Å². The summed E-state index contributed by atoms with van der Waals surface area (Å²) in [5.74, 6) is 0.949. The van der Waals surface area contributed by atoms with Crippen LogP contribution in [0.25, 0.3) is 0 Å². The van der Waals surface area contributed by atoms with Gasteiger partial charge in [0.05, 0.1) is 24.7 Å². The van der Waals surface area contributed by atoms with Crippen LogP contribution in [0.2, 0.25) is 0 Å². The zero-order valence-electron chi connectivity index (χ0n) is 12.9. The van der Waals surface area contributed by atoms with Gasteiger partial charge in [0.1, 0.15) is 0 Å². The number of hydrogen-bond donors (Lipinski definition) is 1. The molecule has 0 aliphatic heterocycles. The molecular formula is C14H23NO5S. The number of sulfonamides is 1. The van der Waals surface area contributed by atoms with Gasteiger partial charge < -0.3 is 14.2 Å². The van der Waals surface area contributed by atoms with Crippen LogP contribution in [-0.2, 0) is 14.8 Å². The molecule has 0 unspecified atom stereocenters. The van der Waals surface area contributed by atoms with Crippen LogP contribution in [-0.4, -0.2) is 41.4 Å². The van der Waals surface area contributed by atoms with Crippen molar-refractivity contribution >= 4 is 10.0 Å². The molecule has 6 nitrogen and oxygen atoms in total. The van der Waals surface area contributed by atoms with Gasteiger partial charge in [-0.2, -0.15) is 0 Å². The smallest absolute Gasteiger partial charge is 0.241 e. The highest BCUT2D eigenvalue weighted by Crippen LogP contribution is 2.30. The quantitative estimate of drug-likeness (QED) is 0.752. The third-order valence-corrected chi connectivity index (χ3v) is 4.19. The molecule has 0 aliphatic carbocycles. The van der Waals surface area contributed by atoms with Crippen LogP contribution in [0.4, 0.5) is 0 Å². The summed E-state index contributed by atoms with van der Waals surface area (Å²) in [6.45, 7) is 6.63. The SMILES string of the molecule is CCOc1ccc(S(=O)(=O)N[C@@H](C)COC)cc1OCC. The van der Waals surface area contributed by atoms with Crippen molar-refractivity contribution in [3.8, 4) is 11.5 Å². The van der Waals surface area contributed by atoms with E-state index in [1.54, 1.807) is 13.0 Å². The molecule has 0 saturated carbocycles. The minimum Gasteiger partial charge on any atom is -0.490 e. The van der Waals surface area contributed by atoms with Crippen molar-refractivity contribution in [2.45, 2.75) is 31.7 Å². The zero-order chi connectivity index (χ0) is 15.9. The topological polar surface area (TPSA) is 73.9 Å². The Kier molecular flexibility index (Phi) is 6.94. The first-order chi connectivity index (χ1) is 9.94. The second-order valence-electron chi connectivity index (χ2n) is 4.45. The van der Waals surface area contributed by atoms with E-state index in [-0.39, 0.29) is 10.9 Å². The molecule has 0 bridgehead atoms. The van der Waals surface area contributed by atoms with E-state index in [4.69, 9.17) is 14.2 Å². The molecule has 1 aromatic rings. The Morgan fingerprint density at radius 1 is 1.14 bits per heavy atom. The molecule has 0 amide bonds. The van der Waals surface area contributed by atoms with Crippen LogP contribution in [0.5, 0.6) is 11.5 Å². The van der Waals surface area contributed by atoms with E-state index in [0.717, 1.165) is 0 Å². The van der Waals surface area contributed by atoms with E-state index in [0.29, 0.717) is 31.3 Å². The number of rotatable bonds is 9. The molecule has 0 fully saturated rings. The van der Waals surface area contributed by atoms with Crippen molar-refractivity contribution in [3.05, 3.63) is 18.2 Å². The van der Waals surface area contributed by atoms with Gasteiger partial charge in [0.25, 0.3) is 0 Å². The Balaban J connectivity index is 3.04. The number of methoxy groups -OCH3 is 1. The van der Waals surface area contributed by atoms with E-state index in [1.165, 1.54) is 19.2 Å². The second-order valence-corrected chi connectivity index (χ2v) is 6.17. The largest absolute Gasteiger partial charge is 0.490 e. The summed E-state index contributed by atoms with van der Waals surface area (Å²) in [4.78, 5) is 0.136. The number of ether oxygens (including phenoxy) is 3. The summed E-state index contributed by atoms with van der Waals surface area (Å²) in [5, 5.41) is 0. The Morgan fingerprint density at radius 3 is 2.33 bits per heavy atom. The van der Waals surface area contributed by atoms with Crippen molar-refractivity contribution in [3.63, 3.8) is 0 Å². The molecule has 7 heteroatoms. The van der Waals surface area contributed by atoms with E-state index in [2.05, 4.69) is 4.72 Å². The molecule has 21 heavy (non-hydrogen) atoms. The van der Waals surface area contributed by atoms with Gasteiger partial charge in [-0.25, -0.2) is 13.1 Å². The van der Waals surface area contributed by atoms with Crippen molar-refractivity contribution < 1.29 is 22.6 Å². The van der Waals surface area contributed by atoms with E-state index < -0.39 is 10.0 Å². The van der Waals surface area contributed by atoms with Crippen LogP contribution in [0.15, 0.2) is 23.1 Å². The summed E-state index contributed by atoms with van der Waals surface area (Å²) in [6.07, 6.45) is 0. The highest BCUT2D eigenvalue weighted by Gasteiger charge is 2.19. The second kappa shape index (κ2) is 8.21. The Morgan fingerprint density at radius 2 is 1.76 bits per heavy atom. The third-order valence-electron chi connectivity index (χ3n) is 2.60. The maximum absolute atomic E-state index is 12.3. The van der Waals surface area contributed by atoms with Crippen molar-refractivity contribution in [1.82, 2.24) is 4.72 Å². The Bertz CT molecular complexity index is 544. The van der Waals surface area contributed by atoms with Gasteiger partial charge >= 0.3 is 0 Å². The molecule has 120 valence electrons. The van der Waals surface area contributed by atoms with Crippen LogP contribution in [0, 0.1) is 0 Å². The monoisotopic (exact) mass is 317 g/mol.